The molecule has 0 fully saturated rings. The van der Waals surface area contributed by atoms with Crippen LogP contribution in [0.2, 0.25) is 0 Å². The topological polar surface area (TPSA) is 37.8 Å². The Morgan fingerprint density at radius 3 is 3.07 bits per heavy atom. The molecule has 3 heteroatoms. The summed E-state index contributed by atoms with van der Waals surface area (Å²) >= 11 is 0. The van der Waals surface area contributed by atoms with Gasteiger partial charge in [0.15, 0.2) is 0 Å². The van der Waals surface area contributed by atoms with E-state index in [9.17, 15) is 0 Å². The second-order valence-electron chi connectivity index (χ2n) is 5.23. The van der Waals surface area contributed by atoms with Crippen molar-refractivity contribution in [2.24, 2.45) is 5.41 Å². The number of fused-ring (bicyclic) bond motifs is 1. The molecule has 0 spiro atoms. The fourth-order valence-electron chi connectivity index (χ4n) is 2.64. The fraction of sp³-hybridized carbons (Fsp3) is 0.667. The Hall–Kier alpha value is -0.960. The number of hydrogen-bond acceptors (Lipinski definition) is 3. The van der Waals surface area contributed by atoms with Gasteiger partial charge >= 0.3 is 0 Å². The van der Waals surface area contributed by atoms with Crippen molar-refractivity contribution in [3.63, 3.8) is 0 Å². The van der Waals surface area contributed by atoms with Gasteiger partial charge in [-0.05, 0) is 30.9 Å². The van der Waals surface area contributed by atoms with Crippen molar-refractivity contribution in [1.82, 2.24) is 15.3 Å². The Bertz CT molecular complexity index is 346. The molecule has 0 saturated carbocycles. The molecular formula is C12H19N3. The van der Waals surface area contributed by atoms with Crippen molar-refractivity contribution in [3.8, 4) is 0 Å². The van der Waals surface area contributed by atoms with Crippen LogP contribution in [0.4, 0.5) is 0 Å². The molecule has 0 aromatic carbocycles. The highest BCUT2D eigenvalue weighted by molar-refractivity contribution is 5.25. The van der Waals surface area contributed by atoms with Gasteiger partial charge in [0.05, 0.1) is 5.69 Å². The molecule has 0 amide bonds. The molecule has 0 bridgehead atoms. The van der Waals surface area contributed by atoms with Crippen LogP contribution in [0.5, 0.6) is 0 Å². The SMILES string of the molecule is CNCC1CC(C)(C)Cc2cncnc21. The Balaban J connectivity index is 2.34. The van der Waals surface area contributed by atoms with Crippen LogP contribution in [-0.4, -0.2) is 23.6 Å². The number of nitrogens with one attached hydrogen (secondary N) is 1. The van der Waals surface area contributed by atoms with Gasteiger partial charge in [0, 0.05) is 18.7 Å². The van der Waals surface area contributed by atoms with E-state index in [2.05, 4.69) is 29.1 Å². The molecule has 1 aliphatic rings. The van der Waals surface area contributed by atoms with E-state index in [1.165, 1.54) is 17.7 Å². The van der Waals surface area contributed by atoms with Crippen molar-refractivity contribution < 1.29 is 0 Å². The van der Waals surface area contributed by atoms with Crippen LogP contribution in [0.3, 0.4) is 0 Å². The minimum Gasteiger partial charge on any atom is -0.319 e. The van der Waals surface area contributed by atoms with Gasteiger partial charge < -0.3 is 5.32 Å². The van der Waals surface area contributed by atoms with Crippen LogP contribution in [0, 0.1) is 5.41 Å². The van der Waals surface area contributed by atoms with Crippen molar-refractivity contribution in [2.75, 3.05) is 13.6 Å². The maximum Gasteiger partial charge on any atom is 0.115 e. The Kier molecular flexibility index (Phi) is 2.74. The van der Waals surface area contributed by atoms with Crippen molar-refractivity contribution in [2.45, 2.75) is 32.6 Å². The first kappa shape index (κ1) is 10.6. The predicted octanol–water partition coefficient (Wildman–Crippen LogP) is 1.75. The minimum atomic E-state index is 0.374. The quantitative estimate of drug-likeness (QED) is 0.799. The number of rotatable bonds is 2. The Morgan fingerprint density at radius 1 is 1.53 bits per heavy atom. The molecule has 15 heavy (non-hydrogen) atoms. The van der Waals surface area contributed by atoms with Gasteiger partial charge in [-0.2, -0.15) is 0 Å². The maximum absolute atomic E-state index is 4.43. The fourth-order valence-corrected chi connectivity index (χ4v) is 2.64. The molecule has 2 rings (SSSR count). The summed E-state index contributed by atoms with van der Waals surface area (Å²) in [5, 5.41) is 3.26. The van der Waals surface area contributed by atoms with E-state index >= 15 is 0 Å². The molecule has 0 radical (unpaired) electrons. The summed E-state index contributed by atoms with van der Waals surface area (Å²) in [7, 11) is 2.00. The first-order valence-corrected chi connectivity index (χ1v) is 5.56. The van der Waals surface area contributed by atoms with Crippen LogP contribution in [0.15, 0.2) is 12.5 Å². The standard InChI is InChI=1S/C12H19N3/c1-12(2)4-9(6-13-3)11-10(5-12)7-14-8-15-11/h7-9,13H,4-6H2,1-3H3. The first-order valence-electron chi connectivity index (χ1n) is 5.56. The van der Waals surface area contributed by atoms with E-state index in [0.29, 0.717) is 11.3 Å². The summed E-state index contributed by atoms with van der Waals surface area (Å²) < 4.78 is 0. The molecule has 1 aromatic heterocycles. The Morgan fingerprint density at radius 2 is 2.33 bits per heavy atom. The molecular weight excluding hydrogens is 186 g/mol. The van der Waals surface area contributed by atoms with E-state index in [-0.39, 0.29) is 0 Å². The molecule has 1 unspecified atom stereocenters. The predicted molar refractivity (Wildman–Crippen MR) is 60.8 cm³/mol. The summed E-state index contributed by atoms with van der Waals surface area (Å²) in [6, 6.07) is 0. The highest BCUT2D eigenvalue weighted by Crippen LogP contribution is 2.40. The lowest BCUT2D eigenvalue weighted by atomic mass is 9.71. The molecule has 82 valence electrons. The number of hydrogen-bond donors (Lipinski definition) is 1. The molecule has 1 aliphatic carbocycles. The van der Waals surface area contributed by atoms with Gasteiger partial charge in [-0.15, -0.1) is 0 Å². The highest BCUT2D eigenvalue weighted by atomic mass is 14.9. The van der Waals surface area contributed by atoms with Crippen molar-refractivity contribution >= 4 is 0 Å². The molecule has 1 N–H and O–H groups in total. The lowest BCUT2D eigenvalue weighted by Gasteiger charge is -2.35. The molecule has 1 atom stereocenters. The van der Waals surface area contributed by atoms with Gasteiger partial charge in [0.2, 0.25) is 0 Å². The third-order valence-electron chi connectivity index (χ3n) is 3.13. The van der Waals surface area contributed by atoms with Gasteiger partial charge in [0.1, 0.15) is 6.33 Å². The number of nitrogens with zero attached hydrogens (tertiary/aromatic N) is 2. The zero-order valence-corrected chi connectivity index (χ0v) is 9.75. The molecule has 3 nitrogen and oxygen atoms in total. The molecule has 1 aromatic rings. The van der Waals surface area contributed by atoms with Crippen LogP contribution in [-0.2, 0) is 6.42 Å². The minimum absolute atomic E-state index is 0.374. The lowest BCUT2D eigenvalue weighted by Crippen LogP contribution is -2.31. The van der Waals surface area contributed by atoms with E-state index in [1.54, 1.807) is 6.33 Å². The average Bonchev–Trinajstić information content (AvgIpc) is 2.16. The van der Waals surface area contributed by atoms with E-state index in [0.717, 1.165) is 13.0 Å². The van der Waals surface area contributed by atoms with Gasteiger partial charge in [0.25, 0.3) is 0 Å². The van der Waals surface area contributed by atoms with E-state index < -0.39 is 0 Å². The summed E-state index contributed by atoms with van der Waals surface area (Å²) in [6.45, 7) is 5.66. The number of aromatic nitrogens is 2. The average molecular weight is 205 g/mol. The molecule has 0 saturated heterocycles. The summed E-state index contributed by atoms with van der Waals surface area (Å²) in [4.78, 5) is 8.56. The second kappa shape index (κ2) is 3.89. The van der Waals surface area contributed by atoms with Gasteiger partial charge in [-0.1, -0.05) is 13.8 Å². The first-order chi connectivity index (χ1) is 7.12. The zero-order chi connectivity index (χ0) is 10.9. The van der Waals surface area contributed by atoms with Crippen molar-refractivity contribution in [3.05, 3.63) is 23.8 Å². The smallest absolute Gasteiger partial charge is 0.115 e. The normalized spacial score (nSPS) is 23.5. The summed E-state index contributed by atoms with van der Waals surface area (Å²) in [5.41, 5.74) is 2.95. The summed E-state index contributed by atoms with van der Waals surface area (Å²) in [5.74, 6) is 0.539. The van der Waals surface area contributed by atoms with Crippen LogP contribution in [0.1, 0.15) is 37.4 Å². The Labute approximate surface area is 91.3 Å². The monoisotopic (exact) mass is 205 g/mol. The third kappa shape index (κ3) is 2.17. The van der Waals surface area contributed by atoms with E-state index in [4.69, 9.17) is 0 Å². The third-order valence-corrected chi connectivity index (χ3v) is 3.13. The zero-order valence-electron chi connectivity index (χ0n) is 9.75. The van der Waals surface area contributed by atoms with Crippen molar-refractivity contribution in [1.29, 1.82) is 0 Å². The van der Waals surface area contributed by atoms with Gasteiger partial charge in [-0.3, -0.25) is 0 Å². The van der Waals surface area contributed by atoms with Crippen LogP contribution < -0.4 is 5.32 Å². The molecule has 0 aliphatic heterocycles. The van der Waals surface area contributed by atoms with Crippen LogP contribution >= 0.6 is 0 Å². The lowest BCUT2D eigenvalue weighted by molar-refractivity contribution is 0.273. The second-order valence-corrected chi connectivity index (χ2v) is 5.23. The van der Waals surface area contributed by atoms with E-state index in [1.807, 2.05) is 13.2 Å². The molecule has 1 heterocycles. The number of likely N-dealkylation sites (N-methyl/N-ethyl adjacent to an activating group) is 1. The largest absolute Gasteiger partial charge is 0.319 e. The maximum atomic E-state index is 4.43. The summed E-state index contributed by atoms with van der Waals surface area (Å²) in [6.07, 6.45) is 5.95. The van der Waals surface area contributed by atoms with Gasteiger partial charge in [-0.25, -0.2) is 9.97 Å². The highest BCUT2D eigenvalue weighted by Gasteiger charge is 2.32. The van der Waals surface area contributed by atoms with Crippen LogP contribution in [0.25, 0.3) is 0 Å².